The Bertz CT molecular complexity index is 622. The highest BCUT2D eigenvalue weighted by Crippen LogP contribution is 2.21. The van der Waals surface area contributed by atoms with E-state index in [1.165, 1.54) is 13.1 Å². The van der Waals surface area contributed by atoms with E-state index in [0.717, 1.165) is 19.4 Å². The third kappa shape index (κ3) is 3.81. The summed E-state index contributed by atoms with van der Waals surface area (Å²) in [5.41, 5.74) is 1.15. The van der Waals surface area contributed by atoms with Gasteiger partial charge in [0.2, 0.25) is 15.9 Å². The molecule has 116 valence electrons. The minimum absolute atomic E-state index is 0.0654. The Kier molecular flexibility index (Phi) is 4.97. The quantitative estimate of drug-likeness (QED) is 0.769. The summed E-state index contributed by atoms with van der Waals surface area (Å²) < 4.78 is 26.1. The van der Waals surface area contributed by atoms with Crippen LogP contribution in [0.25, 0.3) is 0 Å². The van der Waals surface area contributed by atoms with Gasteiger partial charge in [-0.15, -0.1) is 0 Å². The van der Waals surface area contributed by atoms with E-state index in [-0.39, 0.29) is 16.7 Å². The van der Waals surface area contributed by atoms with Crippen LogP contribution in [0, 0.1) is 12.8 Å². The lowest BCUT2D eigenvalue weighted by Crippen LogP contribution is -2.37. The summed E-state index contributed by atoms with van der Waals surface area (Å²) in [6.07, 6.45) is 1.83. The lowest BCUT2D eigenvalue weighted by atomic mass is 9.99. The van der Waals surface area contributed by atoms with Gasteiger partial charge < -0.3 is 10.6 Å². The summed E-state index contributed by atoms with van der Waals surface area (Å²) in [4.78, 5) is 12.4. The fraction of sp³-hybridized carbons (Fsp3) is 0.500. The molecule has 7 heteroatoms. The highest BCUT2D eigenvalue weighted by atomic mass is 32.2. The second-order valence-electron chi connectivity index (χ2n) is 5.22. The van der Waals surface area contributed by atoms with Crippen LogP contribution < -0.4 is 15.4 Å². The van der Waals surface area contributed by atoms with Crippen molar-refractivity contribution in [3.05, 3.63) is 23.8 Å². The van der Waals surface area contributed by atoms with E-state index < -0.39 is 10.0 Å². The molecule has 0 bridgehead atoms. The van der Waals surface area contributed by atoms with Crippen LogP contribution in [0.5, 0.6) is 0 Å². The van der Waals surface area contributed by atoms with Crippen LogP contribution in [0.4, 0.5) is 5.69 Å². The Morgan fingerprint density at radius 2 is 2.14 bits per heavy atom. The summed E-state index contributed by atoms with van der Waals surface area (Å²) in [7, 11) is -2.16. The SMILES string of the molecule is CNS(=O)(=O)c1cc(NC(=O)[C@@H]2CCCNC2)ccc1C. The summed E-state index contributed by atoms with van der Waals surface area (Å²) in [5.74, 6) is -0.136. The van der Waals surface area contributed by atoms with Crippen molar-refractivity contribution in [1.29, 1.82) is 0 Å². The molecule has 1 aliphatic heterocycles. The number of amides is 1. The van der Waals surface area contributed by atoms with Crippen molar-refractivity contribution in [2.75, 3.05) is 25.5 Å². The van der Waals surface area contributed by atoms with E-state index in [9.17, 15) is 13.2 Å². The predicted molar refractivity (Wildman–Crippen MR) is 81.6 cm³/mol. The van der Waals surface area contributed by atoms with Crippen molar-refractivity contribution < 1.29 is 13.2 Å². The van der Waals surface area contributed by atoms with E-state index in [4.69, 9.17) is 0 Å². The van der Waals surface area contributed by atoms with Gasteiger partial charge in [-0.05, 0) is 51.1 Å². The summed E-state index contributed by atoms with van der Waals surface area (Å²) in [5, 5.41) is 5.99. The van der Waals surface area contributed by atoms with Crippen molar-refractivity contribution in [2.45, 2.75) is 24.7 Å². The largest absolute Gasteiger partial charge is 0.326 e. The topological polar surface area (TPSA) is 87.3 Å². The second-order valence-corrected chi connectivity index (χ2v) is 7.08. The molecule has 0 spiro atoms. The summed E-state index contributed by atoms with van der Waals surface area (Å²) in [6.45, 7) is 3.33. The first-order valence-electron chi connectivity index (χ1n) is 7.00. The highest BCUT2D eigenvalue weighted by molar-refractivity contribution is 7.89. The zero-order valence-corrected chi connectivity index (χ0v) is 13.1. The number of aryl methyl sites for hydroxylation is 1. The molecule has 1 atom stereocenters. The molecule has 1 fully saturated rings. The molecule has 3 N–H and O–H groups in total. The average Bonchev–Trinajstić information content (AvgIpc) is 2.50. The van der Waals surface area contributed by atoms with Crippen LogP contribution in [0.2, 0.25) is 0 Å². The number of benzene rings is 1. The molecule has 6 nitrogen and oxygen atoms in total. The smallest absolute Gasteiger partial charge is 0.240 e. The summed E-state index contributed by atoms with van der Waals surface area (Å²) >= 11 is 0. The number of anilines is 1. The molecule has 0 unspecified atom stereocenters. The maximum atomic E-state index is 12.2. The van der Waals surface area contributed by atoms with Crippen molar-refractivity contribution in [2.24, 2.45) is 5.92 Å². The van der Waals surface area contributed by atoms with Gasteiger partial charge in [0, 0.05) is 12.2 Å². The van der Waals surface area contributed by atoms with Gasteiger partial charge in [-0.25, -0.2) is 13.1 Å². The van der Waals surface area contributed by atoms with Gasteiger partial charge in [0.15, 0.2) is 0 Å². The van der Waals surface area contributed by atoms with Crippen molar-refractivity contribution in [3.63, 3.8) is 0 Å². The molecule has 0 aliphatic carbocycles. The van der Waals surface area contributed by atoms with Crippen LogP contribution in [0.3, 0.4) is 0 Å². The molecule has 1 aromatic rings. The second kappa shape index (κ2) is 6.55. The number of hydrogen-bond donors (Lipinski definition) is 3. The Balaban J connectivity index is 2.17. The maximum Gasteiger partial charge on any atom is 0.240 e. The highest BCUT2D eigenvalue weighted by Gasteiger charge is 2.22. The lowest BCUT2D eigenvalue weighted by molar-refractivity contribution is -0.120. The number of carbonyl (C=O) groups is 1. The Labute approximate surface area is 125 Å². The van der Waals surface area contributed by atoms with Crippen LogP contribution in [-0.2, 0) is 14.8 Å². The van der Waals surface area contributed by atoms with Gasteiger partial charge in [-0.3, -0.25) is 4.79 Å². The van der Waals surface area contributed by atoms with E-state index >= 15 is 0 Å². The van der Waals surface area contributed by atoms with Gasteiger partial charge in [0.25, 0.3) is 0 Å². The van der Waals surface area contributed by atoms with Gasteiger partial charge in [-0.1, -0.05) is 6.07 Å². The first-order chi connectivity index (χ1) is 9.94. The van der Waals surface area contributed by atoms with Crippen LogP contribution in [-0.4, -0.2) is 34.5 Å². The minimum Gasteiger partial charge on any atom is -0.326 e. The van der Waals surface area contributed by atoms with E-state index in [0.29, 0.717) is 17.8 Å². The van der Waals surface area contributed by atoms with Gasteiger partial charge in [-0.2, -0.15) is 0 Å². The number of carbonyl (C=O) groups excluding carboxylic acids is 1. The van der Waals surface area contributed by atoms with E-state index in [2.05, 4.69) is 15.4 Å². The molecule has 1 aromatic carbocycles. The normalized spacial score (nSPS) is 19.2. The molecular formula is C14H21N3O3S. The molecule has 1 saturated heterocycles. The molecule has 2 rings (SSSR count). The third-order valence-corrected chi connectivity index (χ3v) is 5.24. The fourth-order valence-electron chi connectivity index (χ4n) is 2.40. The average molecular weight is 311 g/mol. The molecule has 0 saturated carbocycles. The number of piperidine rings is 1. The van der Waals surface area contributed by atoms with Crippen molar-refractivity contribution >= 4 is 21.6 Å². The number of sulfonamides is 1. The summed E-state index contributed by atoms with van der Waals surface area (Å²) in [6, 6.07) is 4.91. The fourth-order valence-corrected chi connectivity index (χ4v) is 3.39. The van der Waals surface area contributed by atoms with E-state index in [1.807, 2.05) is 0 Å². The van der Waals surface area contributed by atoms with Crippen molar-refractivity contribution in [3.8, 4) is 0 Å². The maximum absolute atomic E-state index is 12.2. The number of rotatable bonds is 4. The molecule has 1 amide bonds. The number of hydrogen-bond acceptors (Lipinski definition) is 4. The Hall–Kier alpha value is -1.44. The van der Waals surface area contributed by atoms with Gasteiger partial charge >= 0.3 is 0 Å². The number of nitrogens with one attached hydrogen (secondary N) is 3. The van der Waals surface area contributed by atoms with Crippen molar-refractivity contribution in [1.82, 2.24) is 10.0 Å². The van der Waals surface area contributed by atoms with E-state index in [1.54, 1.807) is 19.1 Å². The first-order valence-corrected chi connectivity index (χ1v) is 8.48. The van der Waals surface area contributed by atoms with Gasteiger partial charge in [0.05, 0.1) is 10.8 Å². The predicted octanol–water partition coefficient (Wildman–Crippen LogP) is 0.841. The molecular weight excluding hydrogens is 290 g/mol. The molecule has 1 aliphatic rings. The monoisotopic (exact) mass is 311 g/mol. The zero-order chi connectivity index (χ0) is 15.5. The van der Waals surface area contributed by atoms with Crippen LogP contribution in [0.1, 0.15) is 18.4 Å². The Morgan fingerprint density at radius 3 is 2.76 bits per heavy atom. The molecule has 0 aromatic heterocycles. The third-order valence-electron chi connectivity index (χ3n) is 3.68. The molecule has 1 heterocycles. The first kappa shape index (κ1) is 15.9. The standard InChI is InChI=1S/C14H21N3O3S/c1-10-5-6-12(8-13(10)21(19,20)15-2)17-14(18)11-4-3-7-16-9-11/h5-6,8,11,15-16H,3-4,7,9H2,1-2H3,(H,17,18)/t11-/m1/s1. The molecule has 21 heavy (non-hydrogen) atoms. The molecule has 0 radical (unpaired) electrons. The zero-order valence-electron chi connectivity index (χ0n) is 12.3. The van der Waals surface area contributed by atoms with Gasteiger partial charge in [0.1, 0.15) is 0 Å². The van der Waals surface area contributed by atoms with Crippen LogP contribution >= 0.6 is 0 Å². The Morgan fingerprint density at radius 1 is 1.38 bits per heavy atom. The van der Waals surface area contributed by atoms with Crippen LogP contribution in [0.15, 0.2) is 23.1 Å². The minimum atomic E-state index is -3.53. The lowest BCUT2D eigenvalue weighted by Gasteiger charge is -2.22.